The Morgan fingerprint density at radius 2 is 2.25 bits per heavy atom. The summed E-state index contributed by atoms with van der Waals surface area (Å²) in [5, 5.41) is 9.95. The summed E-state index contributed by atoms with van der Waals surface area (Å²) >= 11 is 0. The molecule has 1 saturated heterocycles. The molecule has 1 aromatic heterocycles. The summed E-state index contributed by atoms with van der Waals surface area (Å²) in [6.45, 7) is 0.740. The van der Waals surface area contributed by atoms with Crippen LogP contribution in [-0.4, -0.2) is 27.7 Å². The highest BCUT2D eigenvalue weighted by molar-refractivity contribution is 5.75. The van der Waals surface area contributed by atoms with Crippen LogP contribution in [0, 0.1) is 5.82 Å². The fraction of sp³-hybridized carbons (Fsp3) is 0.444. The van der Waals surface area contributed by atoms with E-state index in [1.807, 2.05) is 17.2 Å². The summed E-state index contributed by atoms with van der Waals surface area (Å²) < 4.78 is 13.9. The van der Waals surface area contributed by atoms with Crippen LogP contribution in [0.3, 0.4) is 0 Å². The third-order valence-corrected chi connectivity index (χ3v) is 5.18. The van der Waals surface area contributed by atoms with Gasteiger partial charge in [0.15, 0.2) is 0 Å². The smallest absolute Gasteiger partial charge is 0.318 e. The van der Waals surface area contributed by atoms with Crippen LogP contribution >= 0.6 is 0 Å². The zero-order chi connectivity index (χ0) is 16.5. The van der Waals surface area contributed by atoms with Crippen molar-refractivity contribution in [3.05, 3.63) is 53.1 Å². The van der Waals surface area contributed by atoms with Crippen LogP contribution in [-0.2, 0) is 6.42 Å². The first-order valence-corrected chi connectivity index (χ1v) is 8.57. The Morgan fingerprint density at radius 1 is 1.33 bits per heavy atom. The molecule has 4 rings (SSSR count). The second-order valence-electron chi connectivity index (χ2n) is 6.58. The second-order valence-corrected chi connectivity index (χ2v) is 6.58. The number of aromatic amines is 1. The molecule has 2 unspecified atom stereocenters. The molecule has 0 saturated carbocycles. The van der Waals surface area contributed by atoms with E-state index in [1.54, 1.807) is 12.3 Å². The molecule has 0 bridgehead atoms. The lowest BCUT2D eigenvalue weighted by Gasteiger charge is -2.36. The third-order valence-electron chi connectivity index (χ3n) is 5.18. The van der Waals surface area contributed by atoms with E-state index in [0.717, 1.165) is 48.9 Å². The van der Waals surface area contributed by atoms with Gasteiger partial charge in [0.2, 0.25) is 0 Å². The lowest BCUT2D eigenvalue weighted by Crippen LogP contribution is -2.45. The molecule has 126 valence electrons. The number of nitrogens with one attached hydrogen (secondary N) is 2. The van der Waals surface area contributed by atoms with E-state index in [4.69, 9.17) is 0 Å². The average molecular weight is 328 g/mol. The number of halogens is 1. The zero-order valence-corrected chi connectivity index (χ0v) is 13.5. The molecule has 2 aromatic rings. The predicted octanol–water partition coefficient (Wildman–Crippen LogP) is 3.47. The predicted molar refractivity (Wildman–Crippen MR) is 87.9 cm³/mol. The molecule has 2 N–H and O–H groups in total. The van der Waals surface area contributed by atoms with E-state index in [0.29, 0.717) is 6.42 Å². The number of urea groups is 1. The second kappa shape index (κ2) is 6.26. The maximum Gasteiger partial charge on any atom is 0.318 e. The molecule has 2 aliphatic rings. The van der Waals surface area contributed by atoms with E-state index in [2.05, 4.69) is 15.5 Å². The van der Waals surface area contributed by atoms with Crippen LogP contribution in [0.5, 0.6) is 0 Å². The lowest BCUT2D eigenvalue weighted by molar-refractivity contribution is 0.148. The highest BCUT2D eigenvalue weighted by atomic mass is 19.1. The van der Waals surface area contributed by atoms with Crippen molar-refractivity contribution in [2.75, 3.05) is 6.54 Å². The Bertz CT molecular complexity index is 731. The number of carbonyl (C=O) groups excluding carboxylic acids is 1. The quantitative estimate of drug-likeness (QED) is 0.887. The minimum Gasteiger partial charge on any atom is -0.331 e. The van der Waals surface area contributed by atoms with E-state index in [-0.39, 0.29) is 23.9 Å². The van der Waals surface area contributed by atoms with Crippen molar-refractivity contribution in [1.29, 1.82) is 0 Å². The van der Waals surface area contributed by atoms with Crippen LogP contribution in [0.2, 0.25) is 0 Å². The molecule has 0 spiro atoms. The van der Waals surface area contributed by atoms with Gasteiger partial charge in [0.1, 0.15) is 5.82 Å². The third kappa shape index (κ3) is 2.66. The van der Waals surface area contributed by atoms with E-state index >= 15 is 0 Å². The molecule has 24 heavy (non-hydrogen) atoms. The maximum absolute atomic E-state index is 13.9. The van der Waals surface area contributed by atoms with Crippen molar-refractivity contribution in [3.63, 3.8) is 0 Å². The average Bonchev–Trinajstić information content (AvgIpc) is 3.26. The number of fused-ring (bicyclic) bond motifs is 1. The van der Waals surface area contributed by atoms with Gasteiger partial charge in [-0.2, -0.15) is 5.10 Å². The first-order valence-electron chi connectivity index (χ1n) is 8.57. The summed E-state index contributed by atoms with van der Waals surface area (Å²) in [7, 11) is 0. The van der Waals surface area contributed by atoms with Crippen molar-refractivity contribution in [2.45, 2.75) is 44.2 Å². The summed E-state index contributed by atoms with van der Waals surface area (Å²) in [6.07, 6.45) is 8.15. The summed E-state index contributed by atoms with van der Waals surface area (Å²) in [5.41, 5.74) is 2.70. The SMILES string of the molecule is O=C(NC1CCc2c(F)cccc21)N1CCCCC1c1cn[nH]c1. The van der Waals surface area contributed by atoms with Gasteiger partial charge in [0, 0.05) is 18.3 Å². The number of hydrogen-bond acceptors (Lipinski definition) is 2. The van der Waals surface area contributed by atoms with Crippen LogP contribution in [0.1, 0.15) is 54.5 Å². The van der Waals surface area contributed by atoms with Gasteiger partial charge in [0.25, 0.3) is 0 Å². The molecule has 1 aromatic carbocycles. The minimum absolute atomic E-state index is 0.0610. The van der Waals surface area contributed by atoms with E-state index in [9.17, 15) is 9.18 Å². The first kappa shape index (κ1) is 15.2. The Balaban J connectivity index is 1.51. The number of nitrogens with zero attached hydrogens (tertiary/aromatic N) is 2. The number of piperidine rings is 1. The molecular formula is C18H21FN4O. The van der Waals surface area contributed by atoms with E-state index < -0.39 is 0 Å². The molecular weight excluding hydrogens is 307 g/mol. The minimum atomic E-state index is -0.168. The molecule has 1 aliphatic heterocycles. The van der Waals surface area contributed by atoms with Gasteiger partial charge < -0.3 is 10.2 Å². The Kier molecular flexibility index (Phi) is 3.96. The number of aromatic nitrogens is 2. The molecule has 6 heteroatoms. The van der Waals surface area contributed by atoms with Gasteiger partial charge in [-0.25, -0.2) is 9.18 Å². The zero-order valence-electron chi connectivity index (χ0n) is 13.5. The molecule has 1 aliphatic carbocycles. The van der Waals surface area contributed by atoms with Gasteiger partial charge in [0.05, 0.1) is 18.3 Å². The van der Waals surface area contributed by atoms with Gasteiger partial charge in [-0.15, -0.1) is 0 Å². The summed E-state index contributed by atoms with van der Waals surface area (Å²) in [6, 6.07) is 5.01. The molecule has 2 heterocycles. The number of carbonyl (C=O) groups is 1. The number of H-pyrrole nitrogens is 1. The van der Waals surface area contributed by atoms with Gasteiger partial charge in [-0.1, -0.05) is 12.1 Å². The Labute approximate surface area is 140 Å². The van der Waals surface area contributed by atoms with Crippen LogP contribution in [0.25, 0.3) is 0 Å². The van der Waals surface area contributed by atoms with Crippen molar-refractivity contribution >= 4 is 6.03 Å². The fourth-order valence-electron chi connectivity index (χ4n) is 3.96. The molecule has 2 atom stereocenters. The maximum atomic E-state index is 13.9. The number of rotatable bonds is 2. The monoisotopic (exact) mass is 328 g/mol. The molecule has 0 radical (unpaired) electrons. The first-order chi connectivity index (χ1) is 11.7. The molecule has 1 fully saturated rings. The van der Waals surface area contributed by atoms with E-state index in [1.165, 1.54) is 6.07 Å². The highest BCUT2D eigenvalue weighted by Crippen LogP contribution is 2.34. The van der Waals surface area contributed by atoms with Gasteiger partial charge in [-0.3, -0.25) is 5.10 Å². The van der Waals surface area contributed by atoms with Crippen molar-refractivity contribution in [1.82, 2.24) is 20.4 Å². The fourth-order valence-corrected chi connectivity index (χ4v) is 3.96. The molecule has 5 nitrogen and oxygen atoms in total. The lowest BCUT2D eigenvalue weighted by atomic mass is 9.98. The number of benzene rings is 1. The van der Waals surface area contributed by atoms with Crippen molar-refractivity contribution < 1.29 is 9.18 Å². The number of amides is 2. The van der Waals surface area contributed by atoms with Gasteiger partial charge in [-0.05, 0) is 49.3 Å². The molecule has 2 amide bonds. The summed E-state index contributed by atoms with van der Waals surface area (Å²) in [5.74, 6) is -0.168. The van der Waals surface area contributed by atoms with Gasteiger partial charge >= 0.3 is 6.03 Å². The topological polar surface area (TPSA) is 61.0 Å². The standard InChI is InChI=1S/C18H21FN4O/c19-15-5-3-4-14-13(15)7-8-16(14)22-18(24)23-9-2-1-6-17(23)12-10-20-21-11-12/h3-5,10-11,16-17H,1-2,6-9H2,(H,20,21)(H,22,24). The van der Waals surface area contributed by atoms with Crippen LogP contribution < -0.4 is 5.32 Å². The largest absolute Gasteiger partial charge is 0.331 e. The van der Waals surface area contributed by atoms with Crippen LogP contribution in [0.4, 0.5) is 9.18 Å². The van der Waals surface area contributed by atoms with Crippen molar-refractivity contribution in [3.8, 4) is 0 Å². The Morgan fingerprint density at radius 3 is 3.08 bits per heavy atom. The van der Waals surface area contributed by atoms with Crippen LogP contribution in [0.15, 0.2) is 30.6 Å². The normalized spacial score (nSPS) is 23.1. The highest BCUT2D eigenvalue weighted by Gasteiger charge is 2.32. The summed E-state index contributed by atoms with van der Waals surface area (Å²) in [4.78, 5) is 14.7. The number of hydrogen-bond donors (Lipinski definition) is 2. The van der Waals surface area contributed by atoms with Crippen molar-refractivity contribution in [2.24, 2.45) is 0 Å². The Hall–Kier alpha value is -2.37. The number of likely N-dealkylation sites (tertiary alicyclic amines) is 1.